The van der Waals surface area contributed by atoms with Crippen molar-refractivity contribution < 1.29 is 12.8 Å². The maximum Gasteiger partial charge on any atom is 0.241 e. The van der Waals surface area contributed by atoms with Gasteiger partial charge in [0, 0.05) is 25.4 Å². The normalized spacial score (nSPS) is 11.8. The Morgan fingerprint density at radius 3 is 2.52 bits per heavy atom. The number of nitrogens with zero attached hydrogens (tertiary/aromatic N) is 1. The molecule has 0 radical (unpaired) electrons. The van der Waals surface area contributed by atoms with Crippen molar-refractivity contribution in [2.45, 2.75) is 31.6 Å². The molecule has 0 aliphatic rings. The molecule has 2 rings (SSSR count). The van der Waals surface area contributed by atoms with E-state index in [1.54, 1.807) is 26.2 Å². The Morgan fingerprint density at radius 2 is 1.95 bits per heavy atom. The molecule has 2 aromatic rings. The minimum Gasteiger partial charge on any atom is -0.349 e. The second kappa shape index (κ2) is 6.36. The summed E-state index contributed by atoms with van der Waals surface area (Å²) < 4.78 is 40.4. The van der Waals surface area contributed by atoms with Crippen LogP contribution in [-0.2, 0) is 16.4 Å². The lowest BCUT2D eigenvalue weighted by molar-refractivity contribution is 0.575. The third kappa shape index (κ3) is 3.89. The molecule has 0 spiro atoms. The number of benzene rings is 1. The summed E-state index contributed by atoms with van der Waals surface area (Å²) in [6, 6.07) is 2.45. The van der Waals surface area contributed by atoms with Gasteiger partial charge in [-0.15, -0.1) is 0 Å². The van der Waals surface area contributed by atoms with Crippen molar-refractivity contribution in [2.75, 3.05) is 6.54 Å². The Kier molecular flexibility index (Phi) is 4.74. The summed E-state index contributed by atoms with van der Waals surface area (Å²) in [4.78, 5) is 7.19. The Hall–Kier alpha value is -1.73. The molecule has 7 heteroatoms. The molecule has 21 heavy (non-hydrogen) atoms. The van der Waals surface area contributed by atoms with Crippen LogP contribution < -0.4 is 4.72 Å². The van der Waals surface area contributed by atoms with E-state index in [2.05, 4.69) is 14.7 Å². The van der Waals surface area contributed by atoms with E-state index < -0.39 is 15.8 Å². The Balaban J connectivity index is 2.02. The minimum absolute atomic E-state index is 0.155. The molecule has 1 aromatic heterocycles. The van der Waals surface area contributed by atoms with Crippen LogP contribution in [0.5, 0.6) is 0 Å². The zero-order valence-corrected chi connectivity index (χ0v) is 12.8. The van der Waals surface area contributed by atoms with Gasteiger partial charge in [0.2, 0.25) is 10.0 Å². The van der Waals surface area contributed by atoms with Crippen LogP contribution in [0.15, 0.2) is 29.4 Å². The van der Waals surface area contributed by atoms with Gasteiger partial charge in [-0.05, 0) is 43.5 Å². The molecule has 0 bridgehead atoms. The van der Waals surface area contributed by atoms with E-state index in [-0.39, 0.29) is 4.90 Å². The van der Waals surface area contributed by atoms with Crippen LogP contribution in [0.4, 0.5) is 4.39 Å². The molecular formula is C14H18FN3O2S. The van der Waals surface area contributed by atoms with Crippen LogP contribution in [0.1, 0.15) is 23.4 Å². The maximum atomic E-state index is 13.2. The van der Waals surface area contributed by atoms with Gasteiger partial charge in [-0.2, -0.15) is 0 Å². The monoisotopic (exact) mass is 311 g/mol. The van der Waals surface area contributed by atoms with Crippen molar-refractivity contribution >= 4 is 10.0 Å². The Morgan fingerprint density at radius 1 is 1.29 bits per heavy atom. The molecule has 0 atom stereocenters. The number of aromatic amines is 1. The molecule has 2 N–H and O–H groups in total. The molecule has 0 aliphatic carbocycles. The second-order valence-corrected chi connectivity index (χ2v) is 6.61. The van der Waals surface area contributed by atoms with Crippen LogP contribution in [0.3, 0.4) is 0 Å². The molecule has 0 aliphatic heterocycles. The van der Waals surface area contributed by atoms with E-state index >= 15 is 0 Å². The highest BCUT2D eigenvalue weighted by atomic mass is 32.2. The van der Waals surface area contributed by atoms with E-state index in [1.807, 2.05) is 0 Å². The molecule has 114 valence electrons. The van der Waals surface area contributed by atoms with Gasteiger partial charge in [-0.1, -0.05) is 0 Å². The summed E-state index contributed by atoms with van der Waals surface area (Å²) in [5, 5.41) is 0. The number of H-pyrrole nitrogens is 1. The SMILES string of the molecule is Cc1cc(F)cc(C)c1S(=O)(=O)NCCCc1ncc[nH]1. The zero-order chi connectivity index (χ0) is 15.5. The van der Waals surface area contributed by atoms with E-state index in [1.165, 1.54) is 12.1 Å². The molecule has 0 amide bonds. The fraction of sp³-hybridized carbons (Fsp3) is 0.357. The van der Waals surface area contributed by atoms with Gasteiger partial charge in [-0.25, -0.2) is 22.5 Å². The van der Waals surface area contributed by atoms with E-state index in [0.29, 0.717) is 30.5 Å². The third-order valence-corrected chi connectivity index (χ3v) is 4.90. The van der Waals surface area contributed by atoms with Gasteiger partial charge in [0.1, 0.15) is 11.6 Å². The van der Waals surface area contributed by atoms with Crippen LogP contribution in [-0.4, -0.2) is 24.9 Å². The number of rotatable bonds is 6. The van der Waals surface area contributed by atoms with Gasteiger partial charge in [0.15, 0.2) is 0 Å². The van der Waals surface area contributed by atoms with Gasteiger partial charge in [0.25, 0.3) is 0 Å². The Bertz CT molecular complexity index is 689. The highest BCUT2D eigenvalue weighted by Crippen LogP contribution is 2.21. The average Bonchev–Trinajstić information content (AvgIpc) is 2.86. The first kappa shape index (κ1) is 15.7. The van der Waals surface area contributed by atoms with E-state index in [9.17, 15) is 12.8 Å². The van der Waals surface area contributed by atoms with Crippen molar-refractivity contribution in [2.24, 2.45) is 0 Å². The number of imidazole rings is 1. The predicted molar refractivity (Wildman–Crippen MR) is 78.0 cm³/mol. The topological polar surface area (TPSA) is 74.8 Å². The minimum atomic E-state index is -3.63. The number of hydrogen-bond donors (Lipinski definition) is 2. The number of hydrogen-bond acceptors (Lipinski definition) is 3. The highest BCUT2D eigenvalue weighted by Gasteiger charge is 2.19. The molecule has 5 nitrogen and oxygen atoms in total. The number of aromatic nitrogens is 2. The van der Waals surface area contributed by atoms with Crippen molar-refractivity contribution in [1.29, 1.82) is 0 Å². The van der Waals surface area contributed by atoms with Crippen LogP contribution in [0.25, 0.3) is 0 Å². The van der Waals surface area contributed by atoms with Gasteiger partial charge >= 0.3 is 0 Å². The molecule has 0 fully saturated rings. The first-order valence-corrected chi connectivity index (χ1v) is 8.13. The lowest BCUT2D eigenvalue weighted by Gasteiger charge is -2.12. The predicted octanol–water partition coefficient (Wildman–Crippen LogP) is 2.08. The summed E-state index contributed by atoms with van der Waals surface area (Å²) in [5.41, 5.74) is 0.817. The number of halogens is 1. The summed E-state index contributed by atoms with van der Waals surface area (Å²) in [6.45, 7) is 3.49. The van der Waals surface area contributed by atoms with E-state index in [0.717, 1.165) is 5.82 Å². The van der Waals surface area contributed by atoms with Crippen LogP contribution >= 0.6 is 0 Å². The number of sulfonamides is 1. The van der Waals surface area contributed by atoms with Crippen molar-refractivity contribution in [3.63, 3.8) is 0 Å². The lowest BCUT2D eigenvalue weighted by atomic mass is 10.1. The average molecular weight is 311 g/mol. The molecular weight excluding hydrogens is 293 g/mol. The van der Waals surface area contributed by atoms with Crippen LogP contribution in [0, 0.1) is 19.7 Å². The van der Waals surface area contributed by atoms with Gasteiger partial charge in [-0.3, -0.25) is 0 Å². The quantitative estimate of drug-likeness (QED) is 0.802. The first-order chi connectivity index (χ1) is 9.90. The standard InChI is InChI=1S/C14H18FN3O2S/c1-10-8-12(15)9-11(2)14(10)21(19,20)18-5-3-4-13-16-6-7-17-13/h6-9,18H,3-5H2,1-2H3,(H,16,17). The molecule has 1 aromatic carbocycles. The van der Waals surface area contributed by atoms with Crippen molar-refractivity contribution in [3.05, 3.63) is 47.3 Å². The lowest BCUT2D eigenvalue weighted by Crippen LogP contribution is -2.26. The first-order valence-electron chi connectivity index (χ1n) is 6.65. The molecule has 0 saturated heterocycles. The summed E-state index contributed by atoms with van der Waals surface area (Å²) in [6.07, 6.45) is 4.68. The number of aryl methyl sites for hydroxylation is 3. The molecule has 1 heterocycles. The third-order valence-electron chi connectivity index (χ3n) is 3.13. The van der Waals surface area contributed by atoms with Gasteiger partial charge in [0.05, 0.1) is 4.90 Å². The zero-order valence-electron chi connectivity index (χ0n) is 12.0. The summed E-state index contributed by atoms with van der Waals surface area (Å²) in [7, 11) is -3.63. The fourth-order valence-electron chi connectivity index (χ4n) is 2.29. The molecule has 0 saturated carbocycles. The largest absolute Gasteiger partial charge is 0.349 e. The van der Waals surface area contributed by atoms with Crippen LogP contribution in [0.2, 0.25) is 0 Å². The fourth-order valence-corrected chi connectivity index (χ4v) is 3.81. The summed E-state index contributed by atoms with van der Waals surface area (Å²) >= 11 is 0. The van der Waals surface area contributed by atoms with Crippen molar-refractivity contribution in [3.8, 4) is 0 Å². The highest BCUT2D eigenvalue weighted by molar-refractivity contribution is 7.89. The van der Waals surface area contributed by atoms with Gasteiger partial charge < -0.3 is 4.98 Å². The van der Waals surface area contributed by atoms with Crippen molar-refractivity contribution in [1.82, 2.24) is 14.7 Å². The second-order valence-electron chi connectivity index (χ2n) is 4.91. The molecule has 0 unspecified atom stereocenters. The summed E-state index contributed by atoms with van der Waals surface area (Å²) in [5.74, 6) is 0.394. The Labute approximate surface area is 123 Å². The number of nitrogens with one attached hydrogen (secondary N) is 2. The maximum absolute atomic E-state index is 13.2. The smallest absolute Gasteiger partial charge is 0.241 e. The van der Waals surface area contributed by atoms with E-state index in [4.69, 9.17) is 0 Å².